The van der Waals surface area contributed by atoms with Crippen LogP contribution in [-0.2, 0) is 11.3 Å². The number of hydrogen-bond acceptors (Lipinski definition) is 5. The van der Waals surface area contributed by atoms with Gasteiger partial charge in [0.25, 0.3) is 0 Å². The van der Waals surface area contributed by atoms with E-state index in [1.807, 2.05) is 0 Å². The fourth-order valence-electron chi connectivity index (χ4n) is 1.37. The molecule has 0 aliphatic carbocycles. The summed E-state index contributed by atoms with van der Waals surface area (Å²) in [4.78, 5) is 8.50. The third-order valence-electron chi connectivity index (χ3n) is 2.28. The van der Waals surface area contributed by atoms with Crippen molar-refractivity contribution >= 4 is 0 Å². The number of nitrogens with zero attached hydrogens (tertiary/aromatic N) is 2. The minimum Gasteiger partial charge on any atom is -0.474 e. The SMILES string of the molecule is CC(C)COCCOc1cncc(CNC(C)C)n1. The van der Waals surface area contributed by atoms with E-state index in [0.717, 1.165) is 12.3 Å². The van der Waals surface area contributed by atoms with Gasteiger partial charge in [-0.25, -0.2) is 4.98 Å². The number of rotatable bonds is 9. The van der Waals surface area contributed by atoms with E-state index in [9.17, 15) is 0 Å². The van der Waals surface area contributed by atoms with Crippen molar-refractivity contribution in [3.8, 4) is 5.88 Å². The second-order valence-electron chi connectivity index (χ2n) is 5.20. The molecular formula is C14H25N3O2. The molecule has 5 nitrogen and oxygen atoms in total. The highest BCUT2D eigenvalue weighted by atomic mass is 16.5. The number of ether oxygens (including phenoxy) is 2. The van der Waals surface area contributed by atoms with Gasteiger partial charge in [0.15, 0.2) is 0 Å². The zero-order chi connectivity index (χ0) is 14.1. The molecule has 0 spiro atoms. The second-order valence-corrected chi connectivity index (χ2v) is 5.20. The Kier molecular flexibility index (Phi) is 7.36. The molecule has 1 N–H and O–H groups in total. The molecular weight excluding hydrogens is 242 g/mol. The molecule has 0 saturated heterocycles. The van der Waals surface area contributed by atoms with Gasteiger partial charge in [0, 0.05) is 25.4 Å². The average molecular weight is 267 g/mol. The molecule has 0 unspecified atom stereocenters. The topological polar surface area (TPSA) is 56.3 Å². The molecule has 5 heteroatoms. The highest BCUT2D eigenvalue weighted by molar-refractivity contribution is 5.08. The summed E-state index contributed by atoms with van der Waals surface area (Å²) in [5, 5.41) is 3.30. The zero-order valence-electron chi connectivity index (χ0n) is 12.3. The summed E-state index contributed by atoms with van der Waals surface area (Å²) >= 11 is 0. The Bertz CT molecular complexity index is 356. The van der Waals surface area contributed by atoms with Crippen LogP contribution in [0.25, 0.3) is 0 Å². The molecule has 1 aromatic heterocycles. The Morgan fingerprint density at radius 3 is 2.63 bits per heavy atom. The molecule has 0 saturated carbocycles. The molecule has 0 aromatic carbocycles. The lowest BCUT2D eigenvalue weighted by molar-refractivity contribution is 0.0804. The van der Waals surface area contributed by atoms with E-state index in [4.69, 9.17) is 9.47 Å². The molecule has 0 atom stereocenters. The number of hydrogen-bond donors (Lipinski definition) is 1. The van der Waals surface area contributed by atoms with Crippen LogP contribution in [0, 0.1) is 5.92 Å². The lowest BCUT2D eigenvalue weighted by Crippen LogP contribution is -2.22. The van der Waals surface area contributed by atoms with Crippen LogP contribution >= 0.6 is 0 Å². The molecule has 1 rings (SSSR count). The normalized spacial score (nSPS) is 11.3. The van der Waals surface area contributed by atoms with Crippen molar-refractivity contribution in [2.75, 3.05) is 19.8 Å². The van der Waals surface area contributed by atoms with Crippen LogP contribution in [0.2, 0.25) is 0 Å². The predicted octanol–water partition coefficient (Wildman–Crippen LogP) is 2.03. The third-order valence-corrected chi connectivity index (χ3v) is 2.28. The molecule has 19 heavy (non-hydrogen) atoms. The Labute approximate surface area is 115 Å². The second kappa shape index (κ2) is 8.82. The van der Waals surface area contributed by atoms with Crippen LogP contribution in [0.4, 0.5) is 0 Å². The van der Waals surface area contributed by atoms with Crippen LogP contribution in [0.3, 0.4) is 0 Å². The van der Waals surface area contributed by atoms with Crippen LogP contribution in [-0.4, -0.2) is 35.8 Å². The van der Waals surface area contributed by atoms with E-state index < -0.39 is 0 Å². The van der Waals surface area contributed by atoms with Gasteiger partial charge >= 0.3 is 0 Å². The van der Waals surface area contributed by atoms with Gasteiger partial charge in [-0.3, -0.25) is 4.98 Å². The lowest BCUT2D eigenvalue weighted by atomic mass is 10.2. The van der Waals surface area contributed by atoms with Crippen molar-refractivity contribution in [1.29, 1.82) is 0 Å². The molecule has 0 aliphatic heterocycles. The average Bonchev–Trinajstić information content (AvgIpc) is 2.36. The van der Waals surface area contributed by atoms with Gasteiger partial charge < -0.3 is 14.8 Å². The van der Waals surface area contributed by atoms with E-state index in [0.29, 0.717) is 37.6 Å². The first kappa shape index (κ1) is 15.9. The quantitative estimate of drug-likeness (QED) is 0.694. The maximum atomic E-state index is 5.51. The molecule has 0 bridgehead atoms. The molecule has 1 heterocycles. The smallest absolute Gasteiger partial charge is 0.232 e. The summed E-state index contributed by atoms with van der Waals surface area (Å²) < 4.78 is 10.9. The van der Waals surface area contributed by atoms with Gasteiger partial charge in [0.1, 0.15) is 6.61 Å². The first-order valence-electron chi connectivity index (χ1n) is 6.82. The first-order valence-corrected chi connectivity index (χ1v) is 6.82. The minimum absolute atomic E-state index is 0.427. The van der Waals surface area contributed by atoms with E-state index in [-0.39, 0.29) is 0 Å². The minimum atomic E-state index is 0.427. The van der Waals surface area contributed by atoms with E-state index in [2.05, 4.69) is 43.0 Å². The largest absolute Gasteiger partial charge is 0.474 e. The zero-order valence-corrected chi connectivity index (χ0v) is 12.3. The first-order chi connectivity index (χ1) is 9.08. The van der Waals surface area contributed by atoms with Crippen molar-refractivity contribution in [2.24, 2.45) is 5.92 Å². The standard InChI is InChI=1S/C14H25N3O2/c1-11(2)10-18-5-6-19-14-9-15-7-13(17-14)8-16-12(3)4/h7,9,11-12,16H,5-6,8,10H2,1-4H3. The monoisotopic (exact) mass is 267 g/mol. The maximum absolute atomic E-state index is 5.51. The Morgan fingerprint density at radius 1 is 1.16 bits per heavy atom. The molecule has 0 amide bonds. The summed E-state index contributed by atoms with van der Waals surface area (Å²) in [6.07, 6.45) is 3.37. The van der Waals surface area contributed by atoms with Gasteiger partial charge in [-0.1, -0.05) is 27.7 Å². The number of aromatic nitrogens is 2. The molecule has 0 fully saturated rings. The van der Waals surface area contributed by atoms with Crippen molar-refractivity contribution in [1.82, 2.24) is 15.3 Å². The van der Waals surface area contributed by atoms with Crippen molar-refractivity contribution in [2.45, 2.75) is 40.3 Å². The highest BCUT2D eigenvalue weighted by Crippen LogP contribution is 2.05. The van der Waals surface area contributed by atoms with Gasteiger partial charge in [-0.2, -0.15) is 0 Å². The van der Waals surface area contributed by atoms with Gasteiger partial charge in [-0.05, 0) is 5.92 Å². The van der Waals surface area contributed by atoms with Gasteiger partial charge in [0.2, 0.25) is 5.88 Å². The Balaban J connectivity index is 2.27. The third kappa shape index (κ3) is 7.74. The van der Waals surface area contributed by atoms with Crippen LogP contribution in [0.5, 0.6) is 5.88 Å². The summed E-state index contributed by atoms with van der Waals surface area (Å²) in [5.41, 5.74) is 0.884. The number of nitrogens with one attached hydrogen (secondary N) is 1. The van der Waals surface area contributed by atoms with Crippen LogP contribution in [0.15, 0.2) is 12.4 Å². The Morgan fingerprint density at radius 2 is 1.95 bits per heavy atom. The summed E-state index contributed by atoms with van der Waals surface area (Å²) in [5.74, 6) is 1.10. The van der Waals surface area contributed by atoms with Crippen molar-refractivity contribution in [3.05, 3.63) is 18.1 Å². The molecule has 108 valence electrons. The van der Waals surface area contributed by atoms with E-state index in [1.165, 1.54) is 0 Å². The summed E-state index contributed by atoms with van der Waals surface area (Å²) in [6, 6.07) is 0.427. The molecule has 0 radical (unpaired) electrons. The lowest BCUT2D eigenvalue weighted by Gasteiger charge is -2.10. The highest BCUT2D eigenvalue weighted by Gasteiger charge is 2.01. The Hall–Kier alpha value is -1.20. The van der Waals surface area contributed by atoms with Gasteiger partial charge in [0.05, 0.1) is 18.5 Å². The predicted molar refractivity (Wildman–Crippen MR) is 75.2 cm³/mol. The maximum Gasteiger partial charge on any atom is 0.232 e. The van der Waals surface area contributed by atoms with Crippen molar-refractivity contribution in [3.63, 3.8) is 0 Å². The van der Waals surface area contributed by atoms with Crippen LogP contribution < -0.4 is 10.1 Å². The van der Waals surface area contributed by atoms with Crippen LogP contribution in [0.1, 0.15) is 33.4 Å². The fourth-order valence-corrected chi connectivity index (χ4v) is 1.37. The molecule has 1 aromatic rings. The molecule has 0 aliphatic rings. The van der Waals surface area contributed by atoms with E-state index >= 15 is 0 Å². The fraction of sp³-hybridized carbons (Fsp3) is 0.714. The van der Waals surface area contributed by atoms with Gasteiger partial charge in [-0.15, -0.1) is 0 Å². The summed E-state index contributed by atoms with van der Waals surface area (Å²) in [6.45, 7) is 11.0. The van der Waals surface area contributed by atoms with E-state index in [1.54, 1.807) is 12.4 Å². The summed E-state index contributed by atoms with van der Waals surface area (Å²) in [7, 11) is 0. The van der Waals surface area contributed by atoms with Crippen molar-refractivity contribution < 1.29 is 9.47 Å².